The fraction of sp³-hybridized carbons (Fsp3) is 0.455. The highest BCUT2D eigenvalue weighted by atomic mass is 32.2. The molecule has 0 radical (unpaired) electrons. The van der Waals surface area contributed by atoms with Crippen LogP contribution in [-0.4, -0.2) is 31.7 Å². The van der Waals surface area contributed by atoms with Gasteiger partial charge in [-0.1, -0.05) is 0 Å². The molecule has 0 spiro atoms. The van der Waals surface area contributed by atoms with Crippen molar-refractivity contribution in [2.45, 2.75) is 0 Å². The van der Waals surface area contributed by atoms with Crippen LogP contribution in [0.1, 0.15) is 0 Å². The molecular weight excluding hydrogens is 208 g/mol. The Balaban J connectivity index is 2.24. The Kier molecular flexibility index (Phi) is 3.26. The van der Waals surface area contributed by atoms with Crippen molar-refractivity contribution in [1.29, 1.82) is 0 Å². The lowest BCUT2D eigenvalue weighted by molar-refractivity contribution is 0.415. The van der Waals surface area contributed by atoms with E-state index < -0.39 is 0 Å². The zero-order chi connectivity index (χ0) is 10.7. The van der Waals surface area contributed by atoms with Crippen LogP contribution in [0.5, 0.6) is 5.75 Å². The zero-order valence-corrected chi connectivity index (χ0v) is 9.72. The summed E-state index contributed by atoms with van der Waals surface area (Å²) >= 11 is 2.00. The first-order chi connectivity index (χ1) is 7.31. The molecule has 2 rings (SSSR count). The van der Waals surface area contributed by atoms with Crippen LogP contribution in [-0.2, 0) is 0 Å². The molecule has 3 nitrogen and oxygen atoms in total. The van der Waals surface area contributed by atoms with Gasteiger partial charge >= 0.3 is 0 Å². The molecule has 0 aromatic heterocycles. The van der Waals surface area contributed by atoms with Crippen molar-refractivity contribution >= 4 is 23.1 Å². The van der Waals surface area contributed by atoms with Crippen LogP contribution in [0.15, 0.2) is 18.2 Å². The van der Waals surface area contributed by atoms with Gasteiger partial charge in [0.1, 0.15) is 5.75 Å². The van der Waals surface area contributed by atoms with Crippen molar-refractivity contribution in [1.82, 2.24) is 0 Å². The van der Waals surface area contributed by atoms with Crippen molar-refractivity contribution in [3.63, 3.8) is 0 Å². The van der Waals surface area contributed by atoms with Gasteiger partial charge in [-0.2, -0.15) is 11.8 Å². The minimum absolute atomic E-state index is 0.836. The molecule has 0 atom stereocenters. The molecule has 4 heteroatoms. The quantitative estimate of drug-likeness (QED) is 0.778. The minimum atomic E-state index is 0.836. The largest absolute Gasteiger partial charge is 0.497 e. The Morgan fingerprint density at radius 2 is 2.07 bits per heavy atom. The lowest BCUT2D eigenvalue weighted by Crippen LogP contribution is -2.32. The van der Waals surface area contributed by atoms with E-state index in [4.69, 9.17) is 10.5 Å². The number of hydrogen-bond acceptors (Lipinski definition) is 4. The Morgan fingerprint density at radius 1 is 1.33 bits per heavy atom. The first-order valence-electron chi connectivity index (χ1n) is 5.07. The van der Waals surface area contributed by atoms with Crippen LogP contribution in [0.4, 0.5) is 11.4 Å². The molecule has 1 heterocycles. The number of benzene rings is 1. The third-order valence-electron chi connectivity index (χ3n) is 2.59. The van der Waals surface area contributed by atoms with Crippen molar-refractivity contribution in [3.05, 3.63) is 18.2 Å². The second-order valence-electron chi connectivity index (χ2n) is 3.52. The van der Waals surface area contributed by atoms with Crippen molar-refractivity contribution < 1.29 is 4.74 Å². The Bertz CT molecular complexity index is 337. The number of hydrogen-bond donors (Lipinski definition) is 1. The molecule has 0 unspecified atom stereocenters. The van der Waals surface area contributed by atoms with Crippen LogP contribution in [0.25, 0.3) is 0 Å². The first kappa shape index (κ1) is 10.5. The average Bonchev–Trinajstić information content (AvgIpc) is 2.31. The van der Waals surface area contributed by atoms with E-state index in [1.807, 2.05) is 30.0 Å². The number of thioether (sulfide) groups is 1. The average molecular weight is 224 g/mol. The van der Waals surface area contributed by atoms with Crippen molar-refractivity contribution in [3.8, 4) is 5.75 Å². The first-order valence-corrected chi connectivity index (χ1v) is 6.23. The SMILES string of the molecule is COc1ccc(N)c(N2CCSCC2)c1. The number of methoxy groups -OCH3 is 1. The summed E-state index contributed by atoms with van der Waals surface area (Å²) in [6.45, 7) is 2.14. The standard InChI is InChI=1S/C11H16N2OS/c1-14-9-2-3-10(12)11(8-9)13-4-6-15-7-5-13/h2-3,8H,4-7,12H2,1H3. The summed E-state index contributed by atoms with van der Waals surface area (Å²) in [4.78, 5) is 2.33. The normalized spacial score (nSPS) is 16.5. The fourth-order valence-electron chi connectivity index (χ4n) is 1.73. The molecule has 1 aliphatic rings. The molecule has 0 aliphatic carbocycles. The van der Waals surface area contributed by atoms with Gasteiger partial charge in [-0.15, -0.1) is 0 Å². The molecule has 1 fully saturated rings. The molecule has 0 saturated carbocycles. The van der Waals surface area contributed by atoms with E-state index in [1.165, 1.54) is 11.5 Å². The highest BCUT2D eigenvalue weighted by molar-refractivity contribution is 7.99. The summed E-state index contributed by atoms with van der Waals surface area (Å²) in [5, 5.41) is 0. The maximum absolute atomic E-state index is 5.97. The van der Waals surface area contributed by atoms with E-state index >= 15 is 0 Å². The number of ether oxygens (including phenoxy) is 1. The lowest BCUT2D eigenvalue weighted by Gasteiger charge is -2.29. The topological polar surface area (TPSA) is 38.5 Å². The molecule has 1 aromatic rings. The van der Waals surface area contributed by atoms with Gasteiger partial charge in [-0.25, -0.2) is 0 Å². The Hall–Kier alpha value is -1.03. The summed E-state index contributed by atoms with van der Waals surface area (Å²) in [6, 6.07) is 5.83. The fourth-order valence-corrected chi connectivity index (χ4v) is 2.63. The van der Waals surface area contributed by atoms with Crippen LogP contribution in [0.3, 0.4) is 0 Å². The highest BCUT2D eigenvalue weighted by Gasteiger charge is 2.14. The number of nitrogen functional groups attached to an aromatic ring is 1. The molecule has 82 valence electrons. The van der Waals surface area contributed by atoms with Gasteiger partial charge in [0.25, 0.3) is 0 Å². The molecule has 0 amide bonds. The summed E-state index contributed by atoms with van der Waals surface area (Å²) in [7, 11) is 1.68. The van der Waals surface area contributed by atoms with E-state index in [0.29, 0.717) is 0 Å². The predicted molar refractivity (Wildman–Crippen MR) is 66.9 cm³/mol. The summed E-state index contributed by atoms with van der Waals surface area (Å²) < 4.78 is 5.21. The molecular formula is C11H16N2OS. The van der Waals surface area contributed by atoms with Crippen molar-refractivity contribution in [2.75, 3.05) is 42.3 Å². The Morgan fingerprint density at radius 3 is 2.73 bits per heavy atom. The van der Waals surface area contributed by atoms with E-state index in [2.05, 4.69) is 4.90 Å². The lowest BCUT2D eigenvalue weighted by atomic mass is 10.2. The van der Waals surface area contributed by atoms with Crippen LogP contribution >= 0.6 is 11.8 Å². The third kappa shape index (κ3) is 2.31. The van der Waals surface area contributed by atoms with Crippen LogP contribution in [0.2, 0.25) is 0 Å². The molecule has 0 bridgehead atoms. The monoisotopic (exact) mass is 224 g/mol. The van der Waals surface area contributed by atoms with Gasteiger partial charge < -0.3 is 15.4 Å². The zero-order valence-electron chi connectivity index (χ0n) is 8.90. The number of nitrogens with two attached hydrogens (primary N) is 1. The highest BCUT2D eigenvalue weighted by Crippen LogP contribution is 2.29. The van der Waals surface area contributed by atoms with Crippen LogP contribution < -0.4 is 15.4 Å². The van der Waals surface area contributed by atoms with E-state index in [1.54, 1.807) is 7.11 Å². The number of anilines is 2. The minimum Gasteiger partial charge on any atom is -0.497 e. The Labute approximate surface area is 94.6 Å². The predicted octanol–water partition coefficient (Wildman–Crippen LogP) is 1.83. The van der Waals surface area contributed by atoms with E-state index in [-0.39, 0.29) is 0 Å². The molecule has 1 saturated heterocycles. The van der Waals surface area contributed by atoms with Gasteiger partial charge in [0.05, 0.1) is 18.5 Å². The molecule has 1 aliphatic heterocycles. The number of nitrogens with zero attached hydrogens (tertiary/aromatic N) is 1. The second-order valence-corrected chi connectivity index (χ2v) is 4.75. The molecule has 1 aromatic carbocycles. The maximum atomic E-state index is 5.97. The summed E-state index contributed by atoms with van der Waals surface area (Å²) in [5.74, 6) is 3.23. The van der Waals surface area contributed by atoms with Gasteiger partial charge in [0.15, 0.2) is 0 Å². The van der Waals surface area contributed by atoms with E-state index in [0.717, 1.165) is 30.2 Å². The maximum Gasteiger partial charge on any atom is 0.121 e. The second kappa shape index (κ2) is 4.66. The van der Waals surface area contributed by atoms with Crippen molar-refractivity contribution in [2.24, 2.45) is 0 Å². The van der Waals surface area contributed by atoms with Gasteiger partial charge in [0.2, 0.25) is 0 Å². The smallest absolute Gasteiger partial charge is 0.121 e. The molecule has 15 heavy (non-hydrogen) atoms. The van der Waals surface area contributed by atoms with Gasteiger partial charge in [-0.05, 0) is 12.1 Å². The van der Waals surface area contributed by atoms with Crippen LogP contribution in [0, 0.1) is 0 Å². The van der Waals surface area contributed by atoms with Gasteiger partial charge in [-0.3, -0.25) is 0 Å². The third-order valence-corrected chi connectivity index (χ3v) is 3.53. The molecule has 2 N–H and O–H groups in total. The van der Waals surface area contributed by atoms with E-state index in [9.17, 15) is 0 Å². The number of rotatable bonds is 2. The summed E-state index contributed by atoms with van der Waals surface area (Å²) in [6.07, 6.45) is 0. The summed E-state index contributed by atoms with van der Waals surface area (Å²) in [5.41, 5.74) is 7.91. The van der Waals surface area contributed by atoms with Gasteiger partial charge in [0, 0.05) is 30.7 Å².